The van der Waals surface area contributed by atoms with Crippen LogP contribution >= 0.6 is 11.6 Å². The summed E-state index contributed by atoms with van der Waals surface area (Å²) in [5.41, 5.74) is -0.410. The lowest BCUT2D eigenvalue weighted by atomic mass is 9.87. The van der Waals surface area contributed by atoms with Crippen LogP contribution in [0.15, 0.2) is 107 Å². The molecular weight excluding hydrogens is 608 g/mol. The van der Waals surface area contributed by atoms with Crippen molar-refractivity contribution >= 4 is 44.5 Å². The largest absolute Gasteiger partial charge is 0.489 e. The molecule has 1 atom stereocenters. The highest BCUT2D eigenvalue weighted by molar-refractivity contribution is 7.91. The van der Waals surface area contributed by atoms with Crippen LogP contribution in [0.4, 0.5) is 11.4 Å². The van der Waals surface area contributed by atoms with Gasteiger partial charge in [-0.05, 0) is 60.2 Å². The molecule has 0 heterocycles. The Morgan fingerprint density at radius 3 is 2.00 bits per heavy atom. The molecule has 0 saturated carbocycles. The van der Waals surface area contributed by atoms with E-state index in [-0.39, 0.29) is 31.9 Å². The number of amides is 1. The summed E-state index contributed by atoms with van der Waals surface area (Å²) in [6, 6.07) is 24.4. The number of carbonyl (C=O) groups excluding carboxylic acids is 2. The van der Waals surface area contributed by atoms with E-state index in [4.69, 9.17) is 21.1 Å². The van der Waals surface area contributed by atoms with Crippen LogP contribution in [0.2, 0.25) is 5.02 Å². The number of ketones is 1. The molecule has 0 aliphatic carbocycles. The molecule has 1 amide bonds. The summed E-state index contributed by atoms with van der Waals surface area (Å²) in [6.07, 6.45) is -1.67. The maximum Gasteiger partial charge on any atom is 0.273 e. The van der Waals surface area contributed by atoms with Crippen molar-refractivity contribution < 1.29 is 32.4 Å². The molecule has 1 N–H and O–H groups in total. The number of rotatable bonds is 11. The predicted molar refractivity (Wildman–Crippen MR) is 165 cm³/mol. The second-order valence-electron chi connectivity index (χ2n) is 10.7. The van der Waals surface area contributed by atoms with Crippen molar-refractivity contribution in [2.24, 2.45) is 5.41 Å². The molecule has 0 radical (unpaired) electrons. The molecule has 4 aromatic carbocycles. The predicted octanol–water partition coefficient (Wildman–Crippen LogP) is 6.66. The van der Waals surface area contributed by atoms with Crippen molar-refractivity contribution in [2.75, 3.05) is 5.32 Å². The second kappa shape index (κ2) is 13.3. The van der Waals surface area contributed by atoms with Crippen molar-refractivity contribution in [2.45, 2.75) is 43.3 Å². The fourth-order valence-electron chi connectivity index (χ4n) is 3.97. The summed E-state index contributed by atoms with van der Waals surface area (Å²) in [4.78, 5) is 36.9. The highest BCUT2D eigenvalue weighted by Crippen LogP contribution is 2.29. The normalized spacial score (nSPS) is 12.2. The van der Waals surface area contributed by atoms with Crippen LogP contribution in [0.25, 0.3) is 0 Å². The number of non-ortho nitro benzene ring substituents is 1. The summed E-state index contributed by atoms with van der Waals surface area (Å²) in [6.45, 7) is 5.15. The first-order chi connectivity index (χ1) is 20.8. The quantitative estimate of drug-likeness (QED) is 0.109. The second-order valence-corrected chi connectivity index (χ2v) is 13.1. The number of anilines is 1. The van der Waals surface area contributed by atoms with E-state index in [1.165, 1.54) is 48.5 Å². The van der Waals surface area contributed by atoms with Gasteiger partial charge in [0.25, 0.3) is 11.6 Å². The summed E-state index contributed by atoms with van der Waals surface area (Å²) < 4.78 is 38.0. The van der Waals surface area contributed by atoms with Crippen molar-refractivity contribution in [1.82, 2.24) is 0 Å². The Morgan fingerprint density at radius 1 is 0.886 bits per heavy atom. The van der Waals surface area contributed by atoms with Crippen molar-refractivity contribution in [3.8, 4) is 11.5 Å². The van der Waals surface area contributed by atoms with E-state index in [9.17, 15) is 28.1 Å². The number of nitrogens with zero attached hydrogens (tertiary/aromatic N) is 1. The molecular formula is C32H29ClN2O8S. The standard InChI is InChI=1S/C32H29ClN2O8S/c1-32(2,3)30(36)29(31(37)34-28-19-22(35(38)39)9-18-27(28)33)43-24-12-16-26(17-13-24)44(40,41)25-14-10-23(11-15-25)42-20-21-7-5-4-6-8-21/h4-19,29H,20H2,1-3H3,(H,34,37). The number of halogens is 1. The summed E-state index contributed by atoms with van der Waals surface area (Å²) in [5, 5.41) is 13.6. The summed E-state index contributed by atoms with van der Waals surface area (Å²) >= 11 is 6.11. The van der Waals surface area contributed by atoms with Gasteiger partial charge in [-0.15, -0.1) is 0 Å². The van der Waals surface area contributed by atoms with Gasteiger partial charge in [0.2, 0.25) is 15.9 Å². The van der Waals surface area contributed by atoms with Gasteiger partial charge in [-0.3, -0.25) is 19.7 Å². The fourth-order valence-corrected chi connectivity index (χ4v) is 5.39. The maximum atomic E-state index is 13.3. The van der Waals surface area contributed by atoms with E-state index in [1.54, 1.807) is 32.9 Å². The van der Waals surface area contributed by atoms with Crippen LogP contribution in [-0.4, -0.2) is 31.1 Å². The van der Waals surface area contributed by atoms with Gasteiger partial charge in [0.05, 0.1) is 25.4 Å². The highest BCUT2D eigenvalue weighted by Gasteiger charge is 2.37. The van der Waals surface area contributed by atoms with E-state index < -0.39 is 38.0 Å². The van der Waals surface area contributed by atoms with Gasteiger partial charge in [-0.1, -0.05) is 62.7 Å². The van der Waals surface area contributed by atoms with Crippen molar-refractivity contribution in [1.29, 1.82) is 0 Å². The molecule has 0 aliphatic heterocycles. The Balaban J connectivity index is 1.50. The number of Topliss-reactive ketones (excluding diaryl/α,β-unsaturated/α-hetero) is 1. The fraction of sp³-hybridized carbons (Fsp3) is 0.188. The first kappa shape index (κ1) is 32.2. The van der Waals surface area contributed by atoms with Crippen LogP contribution in [0.1, 0.15) is 26.3 Å². The minimum atomic E-state index is -3.91. The molecule has 0 aliphatic rings. The number of hydrogen-bond donors (Lipinski definition) is 1. The van der Waals surface area contributed by atoms with Gasteiger partial charge in [-0.2, -0.15) is 0 Å². The topological polar surface area (TPSA) is 142 Å². The Bertz CT molecular complexity index is 1770. The molecule has 0 bridgehead atoms. The van der Waals surface area contributed by atoms with E-state index in [1.807, 2.05) is 30.3 Å². The minimum Gasteiger partial charge on any atom is -0.489 e. The average Bonchev–Trinajstić information content (AvgIpc) is 3.00. The highest BCUT2D eigenvalue weighted by atomic mass is 35.5. The van der Waals surface area contributed by atoms with Gasteiger partial charge in [0.15, 0.2) is 5.78 Å². The molecule has 1 unspecified atom stereocenters. The third-order valence-corrected chi connectivity index (χ3v) is 8.52. The molecule has 10 nitrogen and oxygen atoms in total. The van der Waals surface area contributed by atoms with Crippen LogP contribution < -0.4 is 14.8 Å². The zero-order valence-electron chi connectivity index (χ0n) is 24.0. The van der Waals surface area contributed by atoms with E-state index in [0.717, 1.165) is 11.6 Å². The number of nitro benzene ring substituents is 1. The summed E-state index contributed by atoms with van der Waals surface area (Å²) in [7, 11) is -3.91. The molecule has 0 fully saturated rings. The van der Waals surface area contributed by atoms with Gasteiger partial charge in [0.1, 0.15) is 18.1 Å². The number of nitrogens with one attached hydrogen (secondary N) is 1. The van der Waals surface area contributed by atoms with Gasteiger partial charge in [-0.25, -0.2) is 8.42 Å². The molecule has 228 valence electrons. The Hall–Kier alpha value is -4.74. The Morgan fingerprint density at radius 2 is 1.45 bits per heavy atom. The van der Waals surface area contributed by atoms with E-state index in [0.29, 0.717) is 12.4 Å². The third kappa shape index (κ3) is 7.80. The maximum absolute atomic E-state index is 13.3. The smallest absolute Gasteiger partial charge is 0.273 e. The van der Waals surface area contributed by atoms with Crippen LogP contribution in [0.5, 0.6) is 11.5 Å². The van der Waals surface area contributed by atoms with E-state index in [2.05, 4.69) is 5.32 Å². The lowest BCUT2D eigenvalue weighted by molar-refractivity contribution is -0.384. The number of hydrogen-bond acceptors (Lipinski definition) is 8. The molecule has 44 heavy (non-hydrogen) atoms. The Labute approximate surface area is 259 Å². The summed E-state index contributed by atoms with van der Waals surface area (Å²) in [5.74, 6) is -0.923. The lowest BCUT2D eigenvalue weighted by Crippen LogP contribution is -2.45. The number of nitro groups is 1. The molecule has 0 saturated heterocycles. The van der Waals surface area contributed by atoms with Crippen LogP contribution in [0, 0.1) is 15.5 Å². The molecule has 12 heteroatoms. The molecule has 0 aromatic heterocycles. The first-order valence-corrected chi connectivity index (χ1v) is 15.2. The molecule has 4 aromatic rings. The van der Waals surface area contributed by atoms with Crippen LogP contribution in [-0.2, 0) is 26.0 Å². The average molecular weight is 637 g/mol. The monoisotopic (exact) mass is 636 g/mol. The number of sulfone groups is 1. The lowest BCUT2D eigenvalue weighted by Gasteiger charge is -2.25. The molecule has 4 rings (SSSR count). The van der Waals surface area contributed by atoms with Gasteiger partial charge >= 0.3 is 0 Å². The Kier molecular flexibility index (Phi) is 9.71. The van der Waals surface area contributed by atoms with Crippen molar-refractivity contribution in [3.05, 3.63) is 118 Å². The first-order valence-electron chi connectivity index (χ1n) is 13.3. The zero-order valence-corrected chi connectivity index (χ0v) is 25.6. The van der Waals surface area contributed by atoms with Crippen LogP contribution in [0.3, 0.4) is 0 Å². The van der Waals surface area contributed by atoms with Crippen molar-refractivity contribution in [3.63, 3.8) is 0 Å². The number of benzene rings is 4. The zero-order chi connectivity index (χ0) is 32.1. The SMILES string of the molecule is CC(C)(C)C(=O)C(Oc1ccc(S(=O)(=O)c2ccc(OCc3ccccc3)cc2)cc1)C(=O)Nc1cc([N+](=O)[O-])ccc1Cl. The van der Waals surface area contributed by atoms with Gasteiger partial charge in [0, 0.05) is 17.5 Å². The molecule has 0 spiro atoms. The number of carbonyl (C=O) groups is 2. The minimum absolute atomic E-state index is 0.0243. The van der Waals surface area contributed by atoms with Gasteiger partial charge < -0.3 is 14.8 Å². The number of ether oxygens (including phenoxy) is 2. The third-order valence-electron chi connectivity index (χ3n) is 6.40. The van der Waals surface area contributed by atoms with E-state index >= 15 is 0 Å².